The van der Waals surface area contributed by atoms with E-state index in [1.807, 2.05) is 21.1 Å². The van der Waals surface area contributed by atoms with Crippen LogP contribution in [0.25, 0.3) is 0 Å². The van der Waals surface area contributed by atoms with Crippen molar-refractivity contribution >= 4 is 17.9 Å². The maximum Gasteiger partial charge on any atom is 0.361 e. The number of nitrogens with zero attached hydrogens (tertiary/aromatic N) is 1. The molecule has 2 unspecified atom stereocenters. The zero-order chi connectivity index (χ0) is 59.1. The Balaban J connectivity index is 3.99. The number of carbonyl (C=O) groups excluding carboxylic acids is 2. The summed E-state index contributed by atoms with van der Waals surface area (Å²) in [4.78, 5) is 37.5. The minimum Gasteiger partial charge on any atom is -0.477 e. The molecule has 0 aromatic carbocycles. The number of carboxylic acid groups (broad SMARTS) is 1. The molecule has 0 spiro atoms. The van der Waals surface area contributed by atoms with Crippen molar-refractivity contribution < 1.29 is 42.9 Å². The Kier molecular flexibility index (Phi) is 61.1. The van der Waals surface area contributed by atoms with E-state index in [-0.39, 0.29) is 32.2 Å². The molecule has 9 nitrogen and oxygen atoms in total. The first-order valence-electron chi connectivity index (χ1n) is 34.8. The van der Waals surface area contributed by atoms with Crippen molar-refractivity contribution in [3.05, 3.63) is 48.6 Å². The summed E-state index contributed by atoms with van der Waals surface area (Å²) in [5.41, 5.74) is 0. The van der Waals surface area contributed by atoms with Gasteiger partial charge in [-0.2, -0.15) is 0 Å². The molecule has 0 radical (unpaired) electrons. The number of carboxylic acids is 1. The maximum atomic E-state index is 12.9. The molecule has 0 aromatic heterocycles. The average molecular weight is 1140 g/mol. The van der Waals surface area contributed by atoms with Gasteiger partial charge in [0.15, 0.2) is 6.10 Å². The fourth-order valence-electron chi connectivity index (χ4n) is 10.2. The Labute approximate surface area is 502 Å². The van der Waals surface area contributed by atoms with E-state index in [1.54, 1.807) is 0 Å². The molecule has 0 fully saturated rings. The van der Waals surface area contributed by atoms with Crippen molar-refractivity contribution in [1.29, 1.82) is 0 Å². The number of rotatable bonds is 65. The highest BCUT2D eigenvalue weighted by molar-refractivity contribution is 5.71. The average Bonchev–Trinajstić information content (AvgIpc) is 3.44. The number of hydrogen-bond donors (Lipinski definition) is 1. The molecule has 81 heavy (non-hydrogen) atoms. The van der Waals surface area contributed by atoms with Gasteiger partial charge in [-0.25, -0.2) is 4.79 Å². The topological polar surface area (TPSA) is 108 Å². The van der Waals surface area contributed by atoms with E-state index >= 15 is 0 Å². The lowest BCUT2D eigenvalue weighted by Gasteiger charge is -2.25. The van der Waals surface area contributed by atoms with Gasteiger partial charge in [0.2, 0.25) is 0 Å². The number of unbranched alkanes of at least 4 members (excludes halogenated alkanes) is 42. The van der Waals surface area contributed by atoms with Crippen LogP contribution in [0.4, 0.5) is 0 Å². The molecule has 0 saturated heterocycles. The van der Waals surface area contributed by atoms with Gasteiger partial charge in [-0.3, -0.25) is 9.59 Å². The highest BCUT2D eigenvalue weighted by Crippen LogP contribution is 2.18. The summed E-state index contributed by atoms with van der Waals surface area (Å²) in [5.74, 6) is -2.01. The van der Waals surface area contributed by atoms with Crippen LogP contribution in [0.5, 0.6) is 0 Å². The molecule has 0 bridgehead atoms. The van der Waals surface area contributed by atoms with E-state index < -0.39 is 24.3 Å². The standard InChI is InChI=1S/C72H133NO8/c1-6-8-10-12-14-16-18-20-22-24-26-27-28-29-30-31-32-33-34-35-36-37-38-39-40-41-42-43-45-46-48-50-52-54-56-58-60-62-69(74)79-66-68(67-80-72(71(76)77)78-65-64-73(3,4)5)81-70(75)63-61-59-57-55-53-51-49-47-44-25-23-21-19-17-15-13-11-9-7-2/h15,17,21,23-24,26,44,47,68,72H,6-14,16,18-20,22,25,27-43,45-46,48-67H2,1-5H3/p+1/b17-15-,23-21-,26-24-,47-44-. The van der Waals surface area contributed by atoms with E-state index in [0.717, 1.165) is 57.8 Å². The summed E-state index contributed by atoms with van der Waals surface area (Å²) in [6, 6.07) is 0. The number of hydrogen-bond acceptors (Lipinski definition) is 7. The molecular formula is C72H134NO8+. The van der Waals surface area contributed by atoms with Crippen molar-refractivity contribution in [3.63, 3.8) is 0 Å². The van der Waals surface area contributed by atoms with Gasteiger partial charge in [0.05, 0.1) is 34.4 Å². The second-order valence-electron chi connectivity index (χ2n) is 24.8. The van der Waals surface area contributed by atoms with Gasteiger partial charge in [0.25, 0.3) is 6.29 Å². The maximum absolute atomic E-state index is 12.9. The molecule has 0 aromatic rings. The third-order valence-electron chi connectivity index (χ3n) is 15.6. The molecule has 9 heteroatoms. The minimum absolute atomic E-state index is 0.185. The van der Waals surface area contributed by atoms with Gasteiger partial charge in [-0.1, -0.05) is 294 Å². The number of quaternary nitrogens is 1. The summed E-state index contributed by atoms with van der Waals surface area (Å²) >= 11 is 0. The third kappa shape index (κ3) is 64.7. The molecule has 0 amide bonds. The SMILES string of the molecule is CCCCC/C=C\C/C=C\C/C=C\CCCCCCCCC(=O)OC(COC(=O)CCCCCCCCCCCCCCCCCCCCCCCCCCC/C=C\CCCCCCCCCC)COC(OCC[N+](C)(C)C)C(=O)O. The van der Waals surface area contributed by atoms with Crippen molar-refractivity contribution in [3.8, 4) is 0 Å². The van der Waals surface area contributed by atoms with Crippen LogP contribution in [0.3, 0.4) is 0 Å². The first-order chi connectivity index (χ1) is 39.6. The number of esters is 2. The van der Waals surface area contributed by atoms with Crippen molar-refractivity contribution in [2.75, 3.05) is 47.5 Å². The Morgan fingerprint density at radius 3 is 1.02 bits per heavy atom. The first kappa shape index (κ1) is 78.2. The molecule has 0 aliphatic heterocycles. The van der Waals surface area contributed by atoms with Crippen LogP contribution in [0.1, 0.15) is 335 Å². The van der Waals surface area contributed by atoms with E-state index in [1.165, 1.54) is 244 Å². The smallest absolute Gasteiger partial charge is 0.361 e. The van der Waals surface area contributed by atoms with Gasteiger partial charge < -0.3 is 28.5 Å². The van der Waals surface area contributed by atoms with Crippen LogP contribution in [0, 0.1) is 0 Å². The lowest BCUT2D eigenvalue weighted by atomic mass is 10.0. The van der Waals surface area contributed by atoms with E-state index in [2.05, 4.69) is 62.5 Å². The first-order valence-corrected chi connectivity index (χ1v) is 34.8. The van der Waals surface area contributed by atoms with Gasteiger partial charge in [0, 0.05) is 12.8 Å². The van der Waals surface area contributed by atoms with Crippen molar-refractivity contribution in [2.45, 2.75) is 347 Å². The van der Waals surface area contributed by atoms with Crippen LogP contribution >= 0.6 is 0 Å². The number of ether oxygens (including phenoxy) is 4. The molecule has 0 aliphatic carbocycles. The quantitative estimate of drug-likeness (QED) is 0.0211. The fraction of sp³-hybridized carbons (Fsp3) is 0.847. The lowest BCUT2D eigenvalue weighted by Crippen LogP contribution is -2.40. The fourth-order valence-corrected chi connectivity index (χ4v) is 10.2. The number of allylic oxidation sites excluding steroid dienone is 8. The second-order valence-corrected chi connectivity index (χ2v) is 24.8. The van der Waals surface area contributed by atoms with E-state index in [0.29, 0.717) is 23.9 Å². The van der Waals surface area contributed by atoms with Gasteiger partial charge in [0.1, 0.15) is 13.2 Å². The molecule has 0 rings (SSSR count). The second kappa shape index (κ2) is 63.3. The van der Waals surface area contributed by atoms with Crippen LogP contribution in [0.15, 0.2) is 48.6 Å². The summed E-state index contributed by atoms with van der Waals surface area (Å²) in [7, 11) is 5.98. The minimum atomic E-state index is -1.51. The number of aliphatic carboxylic acids is 1. The van der Waals surface area contributed by atoms with Gasteiger partial charge >= 0.3 is 17.9 Å². The van der Waals surface area contributed by atoms with Crippen LogP contribution in [0.2, 0.25) is 0 Å². The Morgan fingerprint density at radius 1 is 0.370 bits per heavy atom. The largest absolute Gasteiger partial charge is 0.477 e. The molecule has 474 valence electrons. The van der Waals surface area contributed by atoms with Crippen molar-refractivity contribution in [1.82, 2.24) is 0 Å². The molecule has 0 aliphatic rings. The highest BCUT2D eigenvalue weighted by Gasteiger charge is 2.25. The zero-order valence-corrected chi connectivity index (χ0v) is 54.2. The number of carbonyl (C=O) groups is 3. The Morgan fingerprint density at radius 2 is 0.667 bits per heavy atom. The predicted octanol–water partition coefficient (Wildman–Crippen LogP) is 21.4. The normalized spacial score (nSPS) is 13.0. The summed E-state index contributed by atoms with van der Waals surface area (Å²) in [6.07, 6.45) is 78.1. The predicted molar refractivity (Wildman–Crippen MR) is 346 cm³/mol. The van der Waals surface area contributed by atoms with Crippen LogP contribution in [-0.4, -0.2) is 87.4 Å². The van der Waals surface area contributed by atoms with Gasteiger partial charge in [-0.05, 0) is 77.0 Å². The third-order valence-corrected chi connectivity index (χ3v) is 15.6. The molecule has 2 atom stereocenters. The van der Waals surface area contributed by atoms with E-state index in [4.69, 9.17) is 18.9 Å². The Bertz CT molecular complexity index is 1470. The van der Waals surface area contributed by atoms with E-state index in [9.17, 15) is 19.5 Å². The zero-order valence-electron chi connectivity index (χ0n) is 54.2. The molecular weight excluding hydrogens is 1010 g/mol. The number of likely N-dealkylation sites (N-methyl/N-ethyl adjacent to an activating group) is 1. The summed E-state index contributed by atoms with van der Waals surface area (Å²) < 4.78 is 22.9. The van der Waals surface area contributed by atoms with Gasteiger partial charge in [-0.15, -0.1) is 0 Å². The summed E-state index contributed by atoms with van der Waals surface area (Å²) in [5, 5.41) is 9.73. The van der Waals surface area contributed by atoms with Crippen LogP contribution < -0.4 is 0 Å². The van der Waals surface area contributed by atoms with Crippen LogP contribution in [-0.2, 0) is 33.3 Å². The monoisotopic (exact) mass is 1140 g/mol. The lowest BCUT2D eigenvalue weighted by molar-refractivity contribution is -0.870. The molecule has 0 heterocycles. The molecule has 1 N–H and O–H groups in total. The Hall–Kier alpha value is -2.75. The highest BCUT2D eigenvalue weighted by atomic mass is 16.7. The van der Waals surface area contributed by atoms with Crippen molar-refractivity contribution in [2.24, 2.45) is 0 Å². The molecule has 0 saturated carbocycles. The summed E-state index contributed by atoms with van der Waals surface area (Å²) in [6.45, 7) is 4.88.